The van der Waals surface area contributed by atoms with E-state index in [-0.39, 0.29) is 9.20 Å². The zero-order chi connectivity index (χ0) is 16.1. The van der Waals surface area contributed by atoms with Crippen LogP contribution in [0.1, 0.15) is 0 Å². The van der Waals surface area contributed by atoms with E-state index in [9.17, 15) is 18.8 Å². The van der Waals surface area contributed by atoms with E-state index >= 15 is 0 Å². The summed E-state index contributed by atoms with van der Waals surface area (Å²) in [5.74, 6) is -1.56. The molecule has 0 fully saturated rings. The summed E-state index contributed by atoms with van der Waals surface area (Å²) < 4.78 is 17.6. The lowest BCUT2D eigenvalue weighted by Crippen LogP contribution is -2.21. The van der Waals surface area contributed by atoms with Gasteiger partial charge in [0.15, 0.2) is 0 Å². The average molecular weight is 322 g/mol. The molecule has 1 aromatic carbocycles. The van der Waals surface area contributed by atoms with E-state index in [4.69, 9.17) is 0 Å². The van der Waals surface area contributed by atoms with Crippen LogP contribution in [-0.2, 0) is 14.3 Å². The van der Waals surface area contributed by atoms with Crippen molar-refractivity contribution in [1.82, 2.24) is 4.98 Å². The molecule has 2 aromatic rings. The van der Waals surface area contributed by atoms with Crippen molar-refractivity contribution in [2.45, 2.75) is 0 Å². The summed E-state index contributed by atoms with van der Waals surface area (Å²) in [7, 11) is 1.20. The van der Waals surface area contributed by atoms with Crippen molar-refractivity contribution >= 4 is 41.1 Å². The number of nitrogens with one attached hydrogen (secondary N) is 2. The monoisotopic (exact) mass is 322 g/mol. The van der Waals surface area contributed by atoms with Gasteiger partial charge >= 0.3 is 5.97 Å². The summed E-state index contributed by atoms with van der Waals surface area (Å²) >= 11 is 0.944. The molecule has 1 amide bonds. The van der Waals surface area contributed by atoms with E-state index in [1.54, 1.807) is 0 Å². The quantitative estimate of drug-likeness (QED) is 0.776. The second kappa shape index (κ2) is 6.81. The molecule has 6 nitrogen and oxygen atoms in total. The topological polar surface area (TPSA) is 88.3 Å². The van der Waals surface area contributed by atoms with Crippen molar-refractivity contribution in [2.24, 2.45) is 0 Å². The molecule has 0 unspecified atom stereocenters. The van der Waals surface area contributed by atoms with E-state index in [1.165, 1.54) is 37.5 Å². The van der Waals surface area contributed by atoms with Crippen molar-refractivity contribution in [2.75, 3.05) is 12.4 Å². The van der Waals surface area contributed by atoms with Gasteiger partial charge in [-0.1, -0.05) is 0 Å². The molecule has 22 heavy (non-hydrogen) atoms. The minimum Gasteiger partial charge on any atom is -0.466 e. The number of ether oxygens (including phenoxy) is 1. The van der Waals surface area contributed by atoms with Crippen LogP contribution in [0, 0.1) is 5.82 Å². The standard InChI is InChI=1S/C14H11FN2O4S/c1-21-13(19)6-10-14(20)17-12(22-10)7-11(18)16-9-4-2-8(15)3-5-9/h2-7H,1H3,(H,16,18)(H,17,20)/b10-6+,12-7-. The number of thiazole rings is 1. The number of H-pyrrole nitrogens is 1. The first-order chi connectivity index (χ1) is 10.5. The Morgan fingerprint density at radius 2 is 1.95 bits per heavy atom. The van der Waals surface area contributed by atoms with E-state index in [0.717, 1.165) is 17.4 Å². The molecular formula is C14H11FN2O4S. The highest BCUT2D eigenvalue weighted by atomic mass is 32.1. The number of esters is 1. The molecule has 1 heterocycles. The van der Waals surface area contributed by atoms with Crippen LogP contribution < -0.4 is 20.1 Å². The summed E-state index contributed by atoms with van der Waals surface area (Å²) in [5.41, 5.74) is -0.0702. The Balaban J connectivity index is 2.22. The first-order valence-electron chi connectivity index (χ1n) is 6.05. The normalized spacial score (nSPS) is 12.3. The fourth-order valence-electron chi connectivity index (χ4n) is 1.52. The van der Waals surface area contributed by atoms with Gasteiger partial charge in [0.05, 0.1) is 7.11 Å². The highest BCUT2D eigenvalue weighted by Crippen LogP contribution is 2.07. The maximum Gasteiger partial charge on any atom is 0.332 e. The number of carbonyl (C=O) groups is 2. The van der Waals surface area contributed by atoms with Crippen LogP contribution in [0.25, 0.3) is 12.2 Å². The Labute approximate surface area is 127 Å². The lowest BCUT2D eigenvalue weighted by Gasteiger charge is -2.00. The van der Waals surface area contributed by atoms with Crippen molar-refractivity contribution in [1.29, 1.82) is 0 Å². The summed E-state index contributed by atoms with van der Waals surface area (Å²) in [6.45, 7) is 0. The maximum absolute atomic E-state index is 12.8. The fraction of sp³-hybridized carbons (Fsp3) is 0.0714. The molecule has 2 rings (SSSR count). The van der Waals surface area contributed by atoms with Gasteiger partial charge in [0.1, 0.15) is 15.0 Å². The van der Waals surface area contributed by atoms with Gasteiger partial charge < -0.3 is 15.0 Å². The van der Waals surface area contributed by atoms with Crippen molar-refractivity contribution in [3.05, 3.63) is 49.6 Å². The smallest absolute Gasteiger partial charge is 0.332 e. The number of aromatic nitrogens is 1. The number of rotatable bonds is 3. The number of hydrogen-bond acceptors (Lipinski definition) is 5. The number of amides is 1. The van der Waals surface area contributed by atoms with Crippen LogP contribution in [0.2, 0.25) is 0 Å². The molecule has 0 aliphatic heterocycles. The Kier molecular flexibility index (Phi) is 4.84. The van der Waals surface area contributed by atoms with Crippen LogP contribution in [0.4, 0.5) is 10.1 Å². The van der Waals surface area contributed by atoms with E-state index in [2.05, 4.69) is 15.0 Å². The van der Waals surface area contributed by atoms with Gasteiger partial charge in [-0.2, -0.15) is 0 Å². The number of aromatic amines is 1. The molecule has 0 aliphatic rings. The highest BCUT2D eigenvalue weighted by molar-refractivity contribution is 7.07. The van der Waals surface area contributed by atoms with Gasteiger partial charge in [0, 0.05) is 17.8 Å². The molecule has 0 saturated heterocycles. The van der Waals surface area contributed by atoms with Gasteiger partial charge in [-0.3, -0.25) is 9.59 Å². The summed E-state index contributed by atoms with van der Waals surface area (Å²) in [6.07, 6.45) is 2.21. The molecule has 8 heteroatoms. The predicted octanol–water partition coefficient (Wildman–Crippen LogP) is -0.0518. The average Bonchev–Trinajstić information content (AvgIpc) is 2.80. The second-order valence-corrected chi connectivity index (χ2v) is 5.18. The first kappa shape index (κ1) is 15.6. The second-order valence-electron chi connectivity index (χ2n) is 4.09. The Hall–Kier alpha value is -2.74. The van der Waals surface area contributed by atoms with Gasteiger partial charge in [-0.25, -0.2) is 9.18 Å². The third kappa shape index (κ3) is 4.13. The number of methoxy groups -OCH3 is 1. The van der Waals surface area contributed by atoms with Crippen molar-refractivity contribution in [3.63, 3.8) is 0 Å². The molecule has 0 bridgehead atoms. The molecule has 0 aliphatic carbocycles. The third-order valence-electron chi connectivity index (χ3n) is 2.50. The summed E-state index contributed by atoms with van der Waals surface area (Å²) in [5, 5.41) is 2.52. The summed E-state index contributed by atoms with van der Waals surface area (Å²) in [6, 6.07) is 5.25. The zero-order valence-electron chi connectivity index (χ0n) is 11.4. The first-order valence-corrected chi connectivity index (χ1v) is 6.86. The lowest BCUT2D eigenvalue weighted by atomic mass is 10.3. The fourth-order valence-corrected chi connectivity index (χ4v) is 2.37. The van der Waals surface area contributed by atoms with Crippen molar-refractivity contribution in [3.8, 4) is 0 Å². The van der Waals surface area contributed by atoms with Crippen LogP contribution >= 0.6 is 11.3 Å². The number of benzene rings is 1. The largest absolute Gasteiger partial charge is 0.466 e. The number of hydrogen-bond donors (Lipinski definition) is 2. The van der Waals surface area contributed by atoms with Gasteiger partial charge in [-0.05, 0) is 24.3 Å². The molecule has 0 atom stereocenters. The SMILES string of the molecule is COC(=O)/C=c1/s/c(=C\C(=O)Nc2ccc(F)cc2)[nH]c1=O. The molecule has 114 valence electrons. The summed E-state index contributed by atoms with van der Waals surface area (Å²) in [4.78, 5) is 36.9. The van der Waals surface area contributed by atoms with Crippen LogP contribution in [0.3, 0.4) is 0 Å². The maximum atomic E-state index is 12.8. The molecular weight excluding hydrogens is 311 g/mol. The number of halogens is 1. The van der Waals surface area contributed by atoms with E-state index < -0.39 is 23.3 Å². The van der Waals surface area contributed by atoms with Gasteiger partial charge in [-0.15, -0.1) is 11.3 Å². The molecule has 0 radical (unpaired) electrons. The van der Waals surface area contributed by atoms with Crippen LogP contribution in [-0.4, -0.2) is 24.0 Å². The number of anilines is 1. The van der Waals surface area contributed by atoms with E-state index in [0.29, 0.717) is 5.69 Å². The predicted molar refractivity (Wildman–Crippen MR) is 80.2 cm³/mol. The van der Waals surface area contributed by atoms with Crippen LogP contribution in [0.15, 0.2) is 29.1 Å². The van der Waals surface area contributed by atoms with Gasteiger partial charge in [0.2, 0.25) is 0 Å². The number of carbonyl (C=O) groups excluding carboxylic acids is 2. The molecule has 1 aromatic heterocycles. The Morgan fingerprint density at radius 3 is 2.59 bits per heavy atom. The molecule has 0 spiro atoms. The molecule has 0 saturated carbocycles. The van der Waals surface area contributed by atoms with Crippen LogP contribution in [0.5, 0.6) is 0 Å². The minimum atomic E-state index is -0.658. The van der Waals surface area contributed by atoms with Crippen molar-refractivity contribution < 1.29 is 18.7 Å². The molecule has 2 N–H and O–H groups in total. The zero-order valence-corrected chi connectivity index (χ0v) is 12.2. The Bertz CT molecular complexity index is 867. The lowest BCUT2D eigenvalue weighted by molar-refractivity contribution is -0.133. The minimum absolute atomic E-state index is 0.132. The Morgan fingerprint density at radius 1 is 1.27 bits per heavy atom. The highest BCUT2D eigenvalue weighted by Gasteiger charge is 2.02. The third-order valence-corrected chi connectivity index (χ3v) is 3.47. The van der Waals surface area contributed by atoms with Gasteiger partial charge in [0.25, 0.3) is 11.5 Å². The van der Waals surface area contributed by atoms with E-state index in [1.807, 2.05) is 0 Å².